The highest BCUT2D eigenvalue weighted by atomic mass is 35.5. The third-order valence-corrected chi connectivity index (χ3v) is 3.13. The minimum Gasteiger partial charge on any atom is -1.00 e. The Morgan fingerprint density at radius 1 is 0.955 bits per heavy atom. The fourth-order valence-corrected chi connectivity index (χ4v) is 2.04. The summed E-state index contributed by atoms with van der Waals surface area (Å²) in [4.78, 5) is 0. The number of hydrogen-bond donors (Lipinski definition) is 1. The molecule has 0 aliphatic rings. The quantitative estimate of drug-likeness (QED) is 0.883. The Morgan fingerprint density at radius 2 is 1.59 bits per heavy atom. The Bertz CT molecular complexity index is 585. The van der Waals surface area contributed by atoms with Gasteiger partial charge in [0, 0.05) is 13.1 Å². The average Bonchev–Trinajstić information content (AvgIpc) is 2.47. The van der Waals surface area contributed by atoms with Crippen molar-refractivity contribution < 1.29 is 30.3 Å². The van der Waals surface area contributed by atoms with E-state index in [4.69, 9.17) is 4.74 Å². The standard InChI is InChI=1S/C16H16F3NO.ClH/c1-21-14-8-6-12(7-9-14)10-20-11-13-4-2-3-5-15(13)16(17,18)19;/h2-9,20H,10-11H2,1H3;1H/p-1. The highest BCUT2D eigenvalue weighted by Crippen LogP contribution is 2.31. The van der Waals surface area contributed by atoms with Gasteiger partial charge in [-0.1, -0.05) is 30.3 Å². The van der Waals surface area contributed by atoms with E-state index in [9.17, 15) is 13.2 Å². The van der Waals surface area contributed by atoms with Gasteiger partial charge in [-0.05, 0) is 29.3 Å². The normalized spacial score (nSPS) is 10.9. The minimum atomic E-state index is -4.32. The second kappa shape index (κ2) is 8.06. The fourth-order valence-electron chi connectivity index (χ4n) is 2.04. The molecule has 0 saturated heterocycles. The summed E-state index contributed by atoms with van der Waals surface area (Å²) in [7, 11) is 1.58. The fraction of sp³-hybridized carbons (Fsp3) is 0.250. The lowest BCUT2D eigenvalue weighted by Crippen LogP contribution is -3.00. The van der Waals surface area contributed by atoms with Crippen LogP contribution in [0.15, 0.2) is 48.5 Å². The van der Waals surface area contributed by atoms with Gasteiger partial charge in [-0.3, -0.25) is 0 Å². The average molecular weight is 331 g/mol. The maximum atomic E-state index is 12.8. The number of nitrogens with one attached hydrogen (secondary N) is 1. The van der Waals surface area contributed by atoms with Gasteiger partial charge in [0.15, 0.2) is 0 Å². The van der Waals surface area contributed by atoms with Crippen molar-refractivity contribution in [1.82, 2.24) is 5.32 Å². The first-order valence-electron chi connectivity index (χ1n) is 6.49. The first-order valence-corrected chi connectivity index (χ1v) is 6.49. The van der Waals surface area contributed by atoms with Crippen molar-refractivity contribution in [3.05, 3.63) is 65.2 Å². The summed E-state index contributed by atoms with van der Waals surface area (Å²) in [5.74, 6) is 0.751. The van der Waals surface area contributed by atoms with Crippen LogP contribution in [0.5, 0.6) is 5.75 Å². The number of halogens is 4. The van der Waals surface area contributed by atoms with Gasteiger partial charge in [0.1, 0.15) is 5.75 Å². The van der Waals surface area contributed by atoms with Crippen LogP contribution < -0.4 is 22.5 Å². The molecule has 0 aliphatic heterocycles. The second-order valence-electron chi connectivity index (χ2n) is 4.61. The summed E-state index contributed by atoms with van der Waals surface area (Å²) >= 11 is 0. The van der Waals surface area contributed by atoms with Crippen molar-refractivity contribution >= 4 is 0 Å². The van der Waals surface area contributed by atoms with E-state index in [0.717, 1.165) is 17.4 Å². The van der Waals surface area contributed by atoms with E-state index in [1.54, 1.807) is 13.2 Å². The van der Waals surface area contributed by atoms with Gasteiger partial charge < -0.3 is 22.5 Å². The van der Waals surface area contributed by atoms with Crippen LogP contribution in [-0.2, 0) is 19.3 Å². The molecule has 2 aromatic carbocycles. The largest absolute Gasteiger partial charge is 1.00 e. The van der Waals surface area contributed by atoms with Gasteiger partial charge >= 0.3 is 6.18 Å². The van der Waals surface area contributed by atoms with Crippen LogP contribution in [0.1, 0.15) is 16.7 Å². The van der Waals surface area contributed by atoms with Crippen molar-refractivity contribution in [3.63, 3.8) is 0 Å². The van der Waals surface area contributed by atoms with Crippen LogP contribution in [0.3, 0.4) is 0 Å². The topological polar surface area (TPSA) is 21.3 Å². The Balaban J connectivity index is 0.00000242. The lowest BCUT2D eigenvalue weighted by atomic mass is 10.1. The van der Waals surface area contributed by atoms with Crippen molar-refractivity contribution in [2.75, 3.05) is 7.11 Å². The van der Waals surface area contributed by atoms with E-state index in [-0.39, 0.29) is 24.5 Å². The molecule has 0 aromatic heterocycles. The molecule has 0 heterocycles. The second-order valence-corrected chi connectivity index (χ2v) is 4.61. The maximum absolute atomic E-state index is 12.8. The van der Waals surface area contributed by atoms with Crippen LogP contribution in [0, 0.1) is 0 Å². The summed E-state index contributed by atoms with van der Waals surface area (Å²) in [6.45, 7) is 0.665. The predicted octanol–water partition coefficient (Wildman–Crippen LogP) is 1.01. The van der Waals surface area contributed by atoms with Crippen LogP contribution in [0.2, 0.25) is 0 Å². The summed E-state index contributed by atoms with van der Waals surface area (Å²) in [6, 6.07) is 13.0. The van der Waals surface area contributed by atoms with Crippen LogP contribution in [-0.4, -0.2) is 7.11 Å². The molecule has 2 aromatic rings. The van der Waals surface area contributed by atoms with E-state index < -0.39 is 11.7 Å². The zero-order valence-corrected chi connectivity index (χ0v) is 12.7. The number of alkyl halides is 3. The lowest BCUT2D eigenvalue weighted by Gasteiger charge is -2.13. The Kier molecular flexibility index (Phi) is 6.71. The van der Waals surface area contributed by atoms with Gasteiger partial charge in [-0.15, -0.1) is 0 Å². The molecule has 0 spiro atoms. The van der Waals surface area contributed by atoms with Crippen molar-refractivity contribution in [3.8, 4) is 5.75 Å². The van der Waals surface area contributed by atoms with E-state index in [2.05, 4.69) is 5.32 Å². The summed E-state index contributed by atoms with van der Waals surface area (Å²) in [5, 5.41) is 3.03. The smallest absolute Gasteiger partial charge is 0.416 e. The van der Waals surface area contributed by atoms with Crippen molar-refractivity contribution in [2.45, 2.75) is 19.3 Å². The van der Waals surface area contributed by atoms with Crippen LogP contribution in [0.4, 0.5) is 13.2 Å². The van der Waals surface area contributed by atoms with Crippen molar-refractivity contribution in [1.29, 1.82) is 0 Å². The van der Waals surface area contributed by atoms with E-state index in [0.29, 0.717) is 6.54 Å². The van der Waals surface area contributed by atoms with Gasteiger partial charge in [0.2, 0.25) is 0 Å². The van der Waals surface area contributed by atoms with E-state index >= 15 is 0 Å². The molecule has 2 nitrogen and oxygen atoms in total. The Morgan fingerprint density at radius 3 is 2.18 bits per heavy atom. The Labute approximate surface area is 133 Å². The van der Waals surface area contributed by atoms with Crippen molar-refractivity contribution in [2.24, 2.45) is 0 Å². The molecule has 1 N–H and O–H groups in total. The molecule has 120 valence electrons. The predicted molar refractivity (Wildman–Crippen MR) is 75.0 cm³/mol. The van der Waals surface area contributed by atoms with Gasteiger partial charge in [-0.25, -0.2) is 0 Å². The molecule has 6 heteroatoms. The molecule has 0 amide bonds. The molecule has 0 bridgehead atoms. The SMILES string of the molecule is COc1ccc(CNCc2ccccc2C(F)(F)F)cc1.[Cl-]. The van der Waals surface area contributed by atoms with Gasteiger partial charge in [0.25, 0.3) is 0 Å². The molecular weight excluding hydrogens is 315 g/mol. The van der Waals surface area contributed by atoms with Gasteiger partial charge in [-0.2, -0.15) is 13.2 Å². The monoisotopic (exact) mass is 330 g/mol. The molecule has 0 unspecified atom stereocenters. The van der Waals surface area contributed by atoms with Crippen LogP contribution in [0.25, 0.3) is 0 Å². The highest BCUT2D eigenvalue weighted by Gasteiger charge is 2.32. The number of methoxy groups -OCH3 is 1. The molecule has 22 heavy (non-hydrogen) atoms. The summed E-state index contributed by atoms with van der Waals surface area (Å²) < 4.78 is 43.6. The van der Waals surface area contributed by atoms with Crippen LogP contribution >= 0.6 is 0 Å². The Hall–Kier alpha value is -1.72. The molecule has 0 atom stereocenters. The minimum absolute atomic E-state index is 0. The molecular formula is C16H16ClF3NO-. The molecule has 0 saturated carbocycles. The summed E-state index contributed by atoms with van der Waals surface area (Å²) in [6.07, 6.45) is -4.32. The zero-order valence-electron chi connectivity index (χ0n) is 12.0. The first-order chi connectivity index (χ1) is 10.0. The third-order valence-electron chi connectivity index (χ3n) is 3.13. The number of ether oxygens (including phenoxy) is 1. The lowest BCUT2D eigenvalue weighted by molar-refractivity contribution is -0.138. The van der Waals surface area contributed by atoms with E-state index in [1.807, 2.05) is 24.3 Å². The third kappa shape index (κ3) is 4.93. The number of rotatable bonds is 5. The maximum Gasteiger partial charge on any atom is 0.416 e. The molecule has 0 fully saturated rings. The van der Waals surface area contributed by atoms with Gasteiger partial charge in [0.05, 0.1) is 12.7 Å². The zero-order chi connectivity index (χ0) is 15.3. The number of hydrogen-bond acceptors (Lipinski definition) is 2. The molecule has 0 radical (unpaired) electrons. The number of benzene rings is 2. The first kappa shape index (κ1) is 18.3. The highest BCUT2D eigenvalue weighted by molar-refractivity contribution is 5.30. The molecule has 2 rings (SSSR count). The molecule has 0 aliphatic carbocycles. The summed E-state index contributed by atoms with van der Waals surface area (Å²) in [5.41, 5.74) is 0.644. The van der Waals surface area contributed by atoms with E-state index in [1.165, 1.54) is 12.1 Å².